The molecule has 0 heterocycles. The van der Waals surface area contributed by atoms with E-state index in [2.05, 4.69) is 5.32 Å². The van der Waals surface area contributed by atoms with Crippen molar-refractivity contribution >= 4 is 5.97 Å². The third kappa shape index (κ3) is 6.79. The molecule has 1 N–H and O–H groups in total. The van der Waals surface area contributed by atoms with Gasteiger partial charge in [-0.05, 0) is 24.6 Å². The minimum atomic E-state index is -0.354. The fourth-order valence-electron chi connectivity index (χ4n) is 1.46. The molecule has 106 valence electrons. The molecule has 1 rings (SSSR count). The van der Waals surface area contributed by atoms with Gasteiger partial charge in [0.25, 0.3) is 0 Å². The Bertz CT molecular complexity index is 364. The minimum Gasteiger partial charge on any atom is -0.482 e. The third-order valence-electron chi connectivity index (χ3n) is 2.40. The summed E-state index contributed by atoms with van der Waals surface area (Å²) < 4.78 is 15.0. The van der Waals surface area contributed by atoms with Crippen LogP contribution in [0.3, 0.4) is 0 Å². The molecular formula is C14H21NO4. The maximum atomic E-state index is 11.1. The van der Waals surface area contributed by atoms with Gasteiger partial charge in [0.05, 0.1) is 13.2 Å². The summed E-state index contributed by atoms with van der Waals surface area (Å²) in [7, 11) is 1.68. The molecule has 0 amide bonds. The molecule has 0 aliphatic heterocycles. The highest BCUT2D eigenvalue weighted by atomic mass is 16.6. The summed E-state index contributed by atoms with van der Waals surface area (Å²) >= 11 is 0. The lowest BCUT2D eigenvalue weighted by Crippen LogP contribution is -2.18. The van der Waals surface area contributed by atoms with E-state index in [4.69, 9.17) is 14.2 Å². The number of hydrogen-bond acceptors (Lipinski definition) is 5. The van der Waals surface area contributed by atoms with Gasteiger partial charge >= 0.3 is 5.97 Å². The maximum absolute atomic E-state index is 11.1. The van der Waals surface area contributed by atoms with Crippen LogP contribution >= 0.6 is 0 Å². The third-order valence-corrected chi connectivity index (χ3v) is 2.40. The Labute approximate surface area is 113 Å². The van der Waals surface area contributed by atoms with Gasteiger partial charge < -0.3 is 19.5 Å². The molecule has 19 heavy (non-hydrogen) atoms. The van der Waals surface area contributed by atoms with Crippen LogP contribution in [0.5, 0.6) is 5.75 Å². The monoisotopic (exact) mass is 267 g/mol. The van der Waals surface area contributed by atoms with Crippen molar-refractivity contribution in [3.05, 3.63) is 29.8 Å². The summed E-state index contributed by atoms with van der Waals surface area (Å²) in [5.41, 5.74) is 1.15. The second-order valence-corrected chi connectivity index (χ2v) is 3.91. The first kappa shape index (κ1) is 15.5. The molecule has 0 bridgehead atoms. The summed E-state index contributed by atoms with van der Waals surface area (Å²) in [6.07, 6.45) is 0. The molecule has 0 aromatic heterocycles. The van der Waals surface area contributed by atoms with Crippen molar-refractivity contribution < 1.29 is 19.0 Å². The molecule has 0 spiro atoms. The molecule has 0 saturated carbocycles. The quantitative estimate of drug-likeness (QED) is 0.541. The van der Waals surface area contributed by atoms with Gasteiger partial charge in [-0.15, -0.1) is 0 Å². The molecule has 0 aliphatic carbocycles. The summed E-state index contributed by atoms with van der Waals surface area (Å²) in [6, 6.07) is 7.60. The van der Waals surface area contributed by atoms with Gasteiger partial charge in [0.1, 0.15) is 5.75 Å². The predicted octanol–water partition coefficient (Wildman–Crippen LogP) is 1.36. The molecular weight excluding hydrogens is 246 g/mol. The average molecular weight is 267 g/mol. The Morgan fingerprint density at radius 3 is 2.63 bits per heavy atom. The Hall–Kier alpha value is -1.59. The van der Waals surface area contributed by atoms with Gasteiger partial charge in [0.2, 0.25) is 0 Å². The number of esters is 1. The number of nitrogens with one attached hydrogen (secondary N) is 1. The van der Waals surface area contributed by atoms with Crippen LogP contribution in [0.1, 0.15) is 12.5 Å². The first-order valence-corrected chi connectivity index (χ1v) is 6.33. The lowest BCUT2D eigenvalue weighted by atomic mass is 10.2. The van der Waals surface area contributed by atoms with Crippen molar-refractivity contribution in [1.82, 2.24) is 5.32 Å². The van der Waals surface area contributed by atoms with Crippen molar-refractivity contribution in [1.29, 1.82) is 0 Å². The molecule has 5 heteroatoms. The zero-order chi connectivity index (χ0) is 13.9. The number of methoxy groups -OCH3 is 1. The SMILES string of the molecule is CCOC(=O)COc1ccc(CNCCOC)cc1. The molecule has 5 nitrogen and oxygen atoms in total. The van der Waals surface area contributed by atoms with Crippen molar-refractivity contribution in [3.63, 3.8) is 0 Å². The lowest BCUT2D eigenvalue weighted by molar-refractivity contribution is -0.145. The van der Waals surface area contributed by atoms with Crippen molar-refractivity contribution in [3.8, 4) is 5.75 Å². The van der Waals surface area contributed by atoms with E-state index >= 15 is 0 Å². The first-order valence-electron chi connectivity index (χ1n) is 6.33. The van der Waals surface area contributed by atoms with E-state index in [-0.39, 0.29) is 12.6 Å². The van der Waals surface area contributed by atoms with E-state index < -0.39 is 0 Å². The largest absolute Gasteiger partial charge is 0.482 e. The number of rotatable bonds is 9. The average Bonchev–Trinajstić information content (AvgIpc) is 2.43. The predicted molar refractivity (Wildman–Crippen MR) is 72.2 cm³/mol. The lowest BCUT2D eigenvalue weighted by Gasteiger charge is -2.07. The fraction of sp³-hybridized carbons (Fsp3) is 0.500. The Kier molecular flexibility index (Phi) is 7.62. The molecule has 1 aromatic carbocycles. The zero-order valence-electron chi connectivity index (χ0n) is 11.5. The van der Waals surface area contributed by atoms with Crippen LogP contribution in [-0.2, 0) is 20.8 Å². The molecule has 0 fully saturated rings. The second kappa shape index (κ2) is 9.35. The van der Waals surface area contributed by atoms with Crippen LogP contribution in [-0.4, -0.2) is 39.4 Å². The van der Waals surface area contributed by atoms with Crippen LogP contribution in [0, 0.1) is 0 Å². The van der Waals surface area contributed by atoms with Crippen LogP contribution < -0.4 is 10.1 Å². The number of carbonyl (C=O) groups excluding carboxylic acids is 1. The molecule has 0 unspecified atom stereocenters. The summed E-state index contributed by atoms with van der Waals surface area (Å²) in [5, 5.41) is 3.25. The maximum Gasteiger partial charge on any atom is 0.344 e. The van der Waals surface area contributed by atoms with Crippen molar-refractivity contribution in [2.24, 2.45) is 0 Å². The molecule has 0 aliphatic rings. The van der Waals surface area contributed by atoms with E-state index in [1.165, 1.54) is 0 Å². The first-order chi connectivity index (χ1) is 9.26. The second-order valence-electron chi connectivity index (χ2n) is 3.91. The minimum absolute atomic E-state index is 0.0563. The highest BCUT2D eigenvalue weighted by Crippen LogP contribution is 2.12. The normalized spacial score (nSPS) is 10.2. The van der Waals surface area contributed by atoms with Crippen molar-refractivity contribution in [2.75, 3.05) is 33.5 Å². The van der Waals surface area contributed by atoms with E-state index in [0.29, 0.717) is 19.0 Å². The van der Waals surface area contributed by atoms with E-state index in [1.54, 1.807) is 14.0 Å². The van der Waals surface area contributed by atoms with Gasteiger partial charge in [-0.25, -0.2) is 4.79 Å². The van der Waals surface area contributed by atoms with E-state index in [9.17, 15) is 4.79 Å². The zero-order valence-corrected chi connectivity index (χ0v) is 11.5. The Balaban J connectivity index is 2.29. The van der Waals surface area contributed by atoms with E-state index in [0.717, 1.165) is 18.7 Å². The fourth-order valence-corrected chi connectivity index (χ4v) is 1.46. The summed E-state index contributed by atoms with van der Waals surface area (Å²) in [4.78, 5) is 11.1. The van der Waals surface area contributed by atoms with Gasteiger partial charge in [0, 0.05) is 20.2 Å². The summed E-state index contributed by atoms with van der Waals surface area (Å²) in [5.74, 6) is 0.307. The molecule has 0 saturated heterocycles. The topological polar surface area (TPSA) is 56.8 Å². The Morgan fingerprint density at radius 2 is 2.00 bits per heavy atom. The van der Waals surface area contributed by atoms with Crippen LogP contribution in [0.25, 0.3) is 0 Å². The number of carbonyl (C=O) groups is 1. The van der Waals surface area contributed by atoms with Gasteiger partial charge in [0.15, 0.2) is 6.61 Å². The molecule has 1 aromatic rings. The number of benzene rings is 1. The number of hydrogen-bond donors (Lipinski definition) is 1. The standard InChI is InChI=1S/C14H21NO4/c1-3-18-14(16)11-19-13-6-4-12(5-7-13)10-15-8-9-17-2/h4-7,15H,3,8-11H2,1-2H3. The van der Waals surface area contributed by atoms with Crippen LogP contribution in [0.2, 0.25) is 0 Å². The molecule has 0 radical (unpaired) electrons. The van der Waals surface area contributed by atoms with Crippen LogP contribution in [0.15, 0.2) is 24.3 Å². The van der Waals surface area contributed by atoms with Crippen LogP contribution in [0.4, 0.5) is 0 Å². The van der Waals surface area contributed by atoms with Gasteiger partial charge in [-0.2, -0.15) is 0 Å². The highest BCUT2D eigenvalue weighted by Gasteiger charge is 2.02. The van der Waals surface area contributed by atoms with Crippen molar-refractivity contribution in [2.45, 2.75) is 13.5 Å². The smallest absolute Gasteiger partial charge is 0.344 e. The Morgan fingerprint density at radius 1 is 1.26 bits per heavy atom. The summed E-state index contributed by atoms with van der Waals surface area (Å²) in [6.45, 7) is 4.37. The molecule has 0 atom stereocenters. The van der Waals surface area contributed by atoms with Gasteiger partial charge in [-0.3, -0.25) is 0 Å². The number of ether oxygens (including phenoxy) is 3. The highest BCUT2D eigenvalue weighted by molar-refractivity contribution is 5.71. The van der Waals surface area contributed by atoms with Gasteiger partial charge in [-0.1, -0.05) is 12.1 Å². The van der Waals surface area contributed by atoms with E-state index in [1.807, 2.05) is 24.3 Å².